The van der Waals surface area contributed by atoms with Crippen LogP contribution in [-0.2, 0) is 17.9 Å². The van der Waals surface area contributed by atoms with E-state index < -0.39 is 5.69 Å². The van der Waals surface area contributed by atoms with Crippen molar-refractivity contribution in [2.75, 3.05) is 0 Å². The number of rotatable bonds is 8. The van der Waals surface area contributed by atoms with E-state index in [1.165, 1.54) is 8.97 Å². The van der Waals surface area contributed by atoms with Crippen molar-refractivity contribution in [2.45, 2.75) is 85.0 Å². The molecule has 10 nitrogen and oxygen atoms in total. The first-order valence-electron chi connectivity index (χ1n) is 12.4. The summed E-state index contributed by atoms with van der Waals surface area (Å²) in [6.07, 6.45) is 4.76. The van der Waals surface area contributed by atoms with Crippen LogP contribution in [0.1, 0.15) is 70.2 Å². The number of aromatic nitrogens is 4. The van der Waals surface area contributed by atoms with Gasteiger partial charge in [-0.1, -0.05) is 26.7 Å². The number of benzene rings is 1. The topological polar surface area (TPSA) is 120 Å². The first kappa shape index (κ1) is 24.7. The van der Waals surface area contributed by atoms with Crippen LogP contribution in [0.2, 0.25) is 0 Å². The Balaban J connectivity index is 1.84. The van der Waals surface area contributed by atoms with E-state index in [9.17, 15) is 19.2 Å². The first-order valence-corrected chi connectivity index (χ1v) is 12.4. The lowest BCUT2D eigenvalue weighted by atomic mass is 10.1. The minimum atomic E-state index is -0.522. The van der Waals surface area contributed by atoms with Crippen molar-refractivity contribution < 1.29 is 9.59 Å². The van der Waals surface area contributed by atoms with Crippen LogP contribution in [0.5, 0.6) is 0 Å². The first-order chi connectivity index (χ1) is 16.7. The minimum absolute atomic E-state index is 0.0638. The Bertz CT molecular complexity index is 1370. The number of nitrogens with zero attached hydrogens (tertiary/aromatic N) is 4. The Morgan fingerprint density at radius 3 is 2.49 bits per heavy atom. The molecule has 0 spiro atoms. The predicted molar refractivity (Wildman–Crippen MR) is 134 cm³/mol. The van der Waals surface area contributed by atoms with Gasteiger partial charge in [0.1, 0.15) is 6.54 Å². The van der Waals surface area contributed by atoms with Crippen molar-refractivity contribution in [3.63, 3.8) is 0 Å². The van der Waals surface area contributed by atoms with Crippen LogP contribution >= 0.6 is 0 Å². The third kappa shape index (κ3) is 5.16. The molecule has 188 valence electrons. The van der Waals surface area contributed by atoms with Crippen molar-refractivity contribution in [1.82, 2.24) is 29.4 Å². The van der Waals surface area contributed by atoms with E-state index in [4.69, 9.17) is 0 Å². The Hall–Kier alpha value is -3.43. The van der Waals surface area contributed by atoms with E-state index in [1.54, 1.807) is 18.2 Å². The molecular weight excluding hydrogens is 448 g/mol. The Kier molecular flexibility index (Phi) is 7.09. The highest BCUT2D eigenvalue weighted by molar-refractivity contribution is 5.98. The lowest BCUT2D eigenvalue weighted by Gasteiger charge is -2.12. The Labute approximate surface area is 203 Å². The number of nitrogens with one attached hydrogen (secondary N) is 2. The molecule has 0 radical (unpaired) electrons. The van der Waals surface area contributed by atoms with Crippen LogP contribution in [0.15, 0.2) is 27.8 Å². The second kappa shape index (κ2) is 10.1. The van der Waals surface area contributed by atoms with Gasteiger partial charge in [0, 0.05) is 24.2 Å². The lowest BCUT2D eigenvalue weighted by Crippen LogP contribution is -2.37. The summed E-state index contributed by atoms with van der Waals surface area (Å²) in [7, 11) is 0. The molecule has 10 heteroatoms. The van der Waals surface area contributed by atoms with Gasteiger partial charge >= 0.3 is 5.69 Å². The maximum absolute atomic E-state index is 13.4. The molecular formula is C25H34N6O4. The fourth-order valence-corrected chi connectivity index (χ4v) is 4.57. The van der Waals surface area contributed by atoms with Crippen LogP contribution in [0.3, 0.4) is 0 Å². The van der Waals surface area contributed by atoms with Gasteiger partial charge in [-0.25, -0.2) is 13.9 Å². The van der Waals surface area contributed by atoms with E-state index in [0.717, 1.165) is 36.8 Å². The van der Waals surface area contributed by atoms with Gasteiger partial charge in [0.25, 0.3) is 11.5 Å². The molecule has 0 saturated heterocycles. The number of carbonyl (C=O) groups is 2. The molecule has 1 aromatic carbocycles. The van der Waals surface area contributed by atoms with Crippen LogP contribution in [0, 0.1) is 5.92 Å². The summed E-state index contributed by atoms with van der Waals surface area (Å²) in [5, 5.41) is 10.5. The molecule has 1 aliphatic carbocycles. The van der Waals surface area contributed by atoms with Crippen LogP contribution in [0.4, 0.5) is 0 Å². The highest BCUT2D eigenvalue weighted by Gasteiger charge is 2.22. The molecule has 4 rings (SSSR count). The van der Waals surface area contributed by atoms with Gasteiger partial charge in [0.05, 0.1) is 10.9 Å². The van der Waals surface area contributed by atoms with E-state index >= 15 is 0 Å². The number of hydrogen-bond donors (Lipinski definition) is 2. The molecule has 3 aromatic rings. The summed E-state index contributed by atoms with van der Waals surface area (Å²) in [6.45, 7) is 7.98. The summed E-state index contributed by atoms with van der Waals surface area (Å²) < 4.78 is 3.93. The van der Waals surface area contributed by atoms with E-state index in [2.05, 4.69) is 29.6 Å². The quantitative estimate of drug-likeness (QED) is 0.509. The van der Waals surface area contributed by atoms with Gasteiger partial charge in [-0.3, -0.25) is 19.0 Å². The fraction of sp³-hybridized carbons (Fsp3) is 0.560. The van der Waals surface area contributed by atoms with E-state index in [-0.39, 0.29) is 41.8 Å². The van der Waals surface area contributed by atoms with E-state index in [1.807, 2.05) is 13.8 Å². The third-order valence-corrected chi connectivity index (χ3v) is 6.40. The van der Waals surface area contributed by atoms with Gasteiger partial charge in [-0.15, -0.1) is 5.10 Å². The monoisotopic (exact) mass is 482 g/mol. The Morgan fingerprint density at radius 2 is 1.83 bits per heavy atom. The maximum atomic E-state index is 13.4. The molecule has 2 heterocycles. The average molecular weight is 483 g/mol. The average Bonchev–Trinajstić information content (AvgIpc) is 3.40. The van der Waals surface area contributed by atoms with Crippen molar-refractivity contribution in [2.24, 2.45) is 5.92 Å². The number of amides is 2. The lowest BCUT2D eigenvalue weighted by molar-refractivity contribution is -0.122. The second-order valence-corrected chi connectivity index (χ2v) is 10.1. The van der Waals surface area contributed by atoms with Gasteiger partial charge in [0.2, 0.25) is 11.7 Å². The summed E-state index contributed by atoms with van der Waals surface area (Å²) in [4.78, 5) is 52.1. The molecule has 2 aromatic heterocycles. The van der Waals surface area contributed by atoms with Crippen LogP contribution in [-0.4, -0.2) is 42.6 Å². The molecule has 1 aliphatic rings. The van der Waals surface area contributed by atoms with Crippen molar-refractivity contribution in [3.05, 3.63) is 44.6 Å². The van der Waals surface area contributed by atoms with Gasteiger partial charge in [-0.05, 0) is 57.2 Å². The summed E-state index contributed by atoms with van der Waals surface area (Å²) in [6, 6.07) is 4.77. The smallest absolute Gasteiger partial charge is 0.352 e. The number of aryl methyl sites for hydroxylation is 1. The largest absolute Gasteiger partial charge is 0.352 e. The fourth-order valence-electron chi connectivity index (χ4n) is 4.57. The molecule has 1 fully saturated rings. The van der Waals surface area contributed by atoms with Gasteiger partial charge < -0.3 is 10.6 Å². The number of carbonyl (C=O) groups excluding carboxylic acids is 2. The SMILES string of the molecule is CC(C)CCn1c(=O)c2ccc(C(=O)NC(C)C)cc2n2c(=O)n(CC(=O)NC3CCCC3)nc12. The molecule has 1 saturated carbocycles. The standard InChI is InChI=1S/C25H34N6O4/c1-15(2)11-12-29-23(34)19-10-9-17(22(33)26-16(3)4)13-20(19)31-24(29)28-30(25(31)35)14-21(32)27-18-7-5-6-8-18/h9-10,13,15-16,18H,5-8,11-12,14H2,1-4H3,(H,26,33)(H,27,32). The molecule has 35 heavy (non-hydrogen) atoms. The second-order valence-electron chi connectivity index (χ2n) is 10.1. The predicted octanol–water partition coefficient (Wildman–Crippen LogP) is 2.05. The highest BCUT2D eigenvalue weighted by atomic mass is 16.2. The van der Waals surface area contributed by atoms with Crippen LogP contribution in [0.25, 0.3) is 16.7 Å². The summed E-state index contributed by atoms with van der Waals surface area (Å²) in [5.74, 6) is -0.0656. The molecule has 0 unspecified atom stereocenters. The number of hydrogen-bond acceptors (Lipinski definition) is 5. The highest BCUT2D eigenvalue weighted by Crippen LogP contribution is 2.18. The number of fused-ring (bicyclic) bond motifs is 3. The zero-order valence-corrected chi connectivity index (χ0v) is 20.8. The third-order valence-electron chi connectivity index (χ3n) is 6.40. The minimum Gasteiger partial charge on any atom is -0.352 e. The Morgan fingerprint density at radius 1 is 1.11 bits per heavy atom. The van der Waals surface area contributed by atoms with Gasteiger partial charge in [-0.2, -0.15) is 0 Å². The van der Waals surface area contributed by atoms with Crippen LogP contribution < -0.4 is 21.9 Å². The van der Waals surface area contributed by atoms with Gasteiger partial charge in [0.15, 0.2) is 0 Å². The normalized spacial score (nSPS) is 14.5. The molecule has 0 aliphatic heterocycles. The molecule has 2 amide bonds. The van der Waals surface area contributed by atoms with Crippen molar-refractivity contribution in [3.8, 4) is 0 Å². The zero-order chi connectivity index (χ0) is 25.3. The maximum Gasteiger partial charge on any atom is 0.352 e. The van der Waals surface area contributed by atoms with Crippen molar-refractivity contribution in [1.29, 1.82) is 0 Å². The summed E-state index contributed by atoms with van der Waals surface area (Å²) in [5.41, 5.74) is -0.164. The van der Waals surface area contributed by atoms with Crippen molar-refractivity contribution >= 4 is 28.5 Å². The van der Waals surface area contributed by atoms with E-state index in [0.29, 0.717) is 28.9 Å². The molecule has 2 N–H and O–H groups in total. The molecule has 0 bridgehead atoms. The molecule has 0 atom stereocenters. The zero-order valence-electron chi connectivity index (χ0n) is 20.8. The summed E-state index contributed by atoms with van der Waals surface area (Å²) >= 11 is 0.